The third kappa shape index (κ3) is 7.36. The number of nitrogens with one attached hydrogen (secondary N) is 2. The molecule has 0 bridgehead atoms. The van der Waals surface area contributed by atoms with Crippen molar-refractivity contribution in [2.45, 2.75) is 38.0 Å². The molecule has 0 aliphatic heterocycles. The summed E-state index contributed by atoms with van der Waals surface area (Å²) in [5.41, 5.74) is 1.50. The number of anilines is 1. The van der Waals surface area contributed by atoms with Gasteiger partial charge in [0, 0.05) is 12.6 Å². The van der Waals surface area contributed by atoms with E-state index in [1.54, 1.807) is 24.3 Å². The van der Waals surface area contributed by atoms with Gasteiger partial charge >= 0.3 is 0 Å². The zero-order valence-electron chi connectivity index (χ0n) is 15.9. The van der Waals surface area contributed by atoms with Crippen LogP contribution in [0.15, 0.2) is 47.5 Å². The van der Waals surface area contributed by atoms with E-state index in [-0.39, 0.29) is 17.3 Å². The highest BCUT2D eigenvalue weighted by Gasteiger charge is 2.14. The van der Waals surface area contributed by atoms with Gasteiger partial charge < -0.3 is 10.1 Å². The summed E-state index contributed by atoms with van der Waals surface area (Å²) in [6.07, 6.45) is 2.53. The van der Waals surface area contributed by atoms with E-state index in [9.17, 15) is 8.42 Å². The Hall–Kier alpha value is -1.83. The van der Waals surface area contributed by atoms with E-state index in [2.05, 4.69) is 35.8 Å². The van der Waals surface area contributed by atoms with E-state index in [4.69, 9.17) is 4.74 Å². The highest BCUT2D eigenvalue weighted by Crippen LogP contribution is 2.20. The first-order valence-corrected chi connectivity index (χ1v) is 10.3. The molecule has 6 nitrogen and oxygen atoms in total. The van der Waals surface area contributed by atoms with Crippen LogP contribution in [0.1, 0.15) is 38.7 Å². The van der Waals surface area contributed by atoms with Crippen molar-refractivity contribution in [3.63, 3.8) is 0 Å². The Morgan fingerprint density at radius 2 is 1.78 bits per heavy atom. The minimum Gasteiger partial charge on any atom is -0.476 e. The number of benzene rings is 1. The fraction of sp³-hybridized carbons (Fsp3) is 0.421. The van der Waals surface area contributed by atoms with Crippen LogP contribution in [-0.4, -0.2) is 33.1 Å². The van der Waals surface area contributed by atoms with Crippen LogP contribution in [0.5, 0.6) is 5.88 Å². The fourth-order valence-electron chi connectivity index (χ4n) is 2.30. The van der Waals surface area contributed by atoms with Gasteiger partial charge in [0.1, 0.15) is 6.61 Å². The van der Waals surface area contributed by atoms with Crippen LogP contribution in [0.3, 0.4) is 0 Å². The summed E-state index contributed by atoms with van der Waals surface area (Å²) in [5, 5.41) is 3.23. The second-order valence-corrected chi connectivity index (χ2v) is 8.00. The smallest absolute Gasteiger partial charge is 0.261 e. The summed E-state index contributed by atoms with van der Waals surface area (Å²) in [6, 6.07) is 10.2. The average Bonchev–Trinajstić information content (AvgIpc) is 2.63. The van der Waals surface area contributed by atoms with Crippen LogP contribution in [0.25, 0.3) is 0 Å². The Balaban J connectivity index is 0.00000364. The molecule has 0 radical (unpaired) electrons. The summed E-state index contributed by atoms with van der Waals surface area (Å²) >= 11 is 0. The van der Waals surface area contributed by atoms with Gasteiger partial charge in [-0.2, -0.15) is 0 Å². The molecule has 1 aromatic carbocycles. The van der Waals surface area contributed by atoms with E-state index >= 15 is 0 Å². The lowest BCUT2D eigenvalue weighted by Crippen LogP contribution is -2.21. The first kappa shape index (κ1) is 23.2. The van der Waals surface area contributed by atoms with Crippen molar-refractivity contribution in [2.24, 2.45) is 0 Å². The maximum Gasteiger partial charge on any atom is 0.261 e. The van der Waals surface area contributed by atoms with Crippen molar-refractivity contribution in [1.29, 1.82) is 0 Å². The molecule has 8 heteroatoms. The Bertz CT molecular complexity index is 779. The lowest BCUT2D eigenvalue weighted by Gasteiger charge is -2.11. The Labute approximate surface area is 168 Å². The molecule has 150 valence electrons. The molecule has 27 heavy (non-hydrogen) atoms. The molecule has 1 aromatic heterocycles. The summed E-state index contributed by atoms with van der Waals surface area (Å²) in [6.45, 7) is 8.45. The standard InChI is InChI=1S/C19H27N3O3S.ClH/c1-4-11-20-12-13-25-19-10-7-17(14-21-19)22-26(23,24)18-8-5-16(6-9-18)15(2)3;/h5-10,14-15,20,22H,4,11-13H2,1-3H3;1H. The normalized spacial score (nSPS) is 11.1. The third-order valence-electron chi connectivity index (χ3n) is 3.80. The number of pyridine rings is 1. The maximum absolute atomic E-state index is 12.5. The molecule has 0 fully saturated rings. The maximum atomic E-state index is 12.5. The number of ether oxygens (including phenoxy) is 1. The van der Waals surface area contributed by atoms with E-state index in [0.29, 0.717) is 24.1 Å². The van der Waals surface area contributed by atoms with Gasteiger partial charge in [0.05, 0.1) is 16.8 Å². The zero-order chi connectivity index (χ0) is 19.0. The number of rotatable bonds is 10. The molecule has 0 aliphatic carbocycles. The van der Waals surface area contributed by atoms with Gasteiger partial charge in [-0.3, -0.25) is 4.72 Å². The minimum absolute atomic E-state index is 0. The van der Waals surface area contributed by atoms with Crippen molar-refractivity contribution < 1.29 is 13.2 Å². The van der Waals surface area contributed by atoms with Crippen LogP contribution < -0.4 is 14.8 Å². The Morgan fingerprint density at radius 3 is 2.33 bits per heavy atom. The lowest BCUT2D eigenvalue weighted by atomic mass is 10.0. The summed E-state index contributed by atoms with van der Waals surface area (Å²) < 4.78 is 33.0. The summed E-state index contributed by atoms with van der Waals surface area (Å²) in [7, 11) is -3.64. The topological polar surface area (TPSA) is 80.3 Å². The number of hydrogen-bond donors (Lipinski definition) is 2. The van der Waals surface area contributed by atoms with Crippen molar-refractivity contribution in [3.05, 3.63) is 48.2 Å². The highest BCUT2D eigenvalue weighted by atomic mass is 35.5. The van der Waals surface area contributed by atoms with Crippen LogP contribution in [-0.2, 0) is 10.0 Å². The van der Waals surface area contributed by atoms with Crippen molar-refractivity contribution in [3.8, 4) is 5.88 Å². The van der Waals surface area contributed by atoms with Gasteiger partial charge in [-0.05, 0) is 42.6 Å². The highest BCUT2D eigenvalue weighted by molar-refractivity contribution is 7.92. The van der Waals surface area contributed by atoms with Crippen LogP contribution in [0.4, 0.5) is 5.69 Å². The van der Waals surface area contributed by atoms with Gasteiger partial charge in [0.25, 0.3) is 10.0 Å². The molecule has 2 N–H and O–H groups in total. The predicted octanol–water partition coefficient (Wildman–Crippen LogP) is 3.81. The van der Waals surface area contributed by atoms with E-state index in [0.717, 1.165) is 25.1 Å². The van der Waals surface area contributed by atoms with Gasteiger partial charge in [0.2, 0.25) is 5.88 Å². The number of aromatic nitrogens is 1. The van der Waals surface area contributed by atoms with Crippen molar-refractivity contribution in [2.75, 3.05) is 24.4 Å². The number of sulfonamides is 1. The largest absolute Gasteiger partial charge is 0.476 e. The number of halogens is 1. The fourth-order valence-corrected chi connectivity index (χ4v) is 3.34. The van der Waals surface area contributed by atoms with Gasteiger partial charge in [-0.1, -0.05) is 32.9 Å². The van der Waals surface area contributed by atoms with Crippen LogP contribution in [0, 0.1) is 0 Å². The summed E-state index contributed by atoms with van der Waals surface area (Å²) in [4.78, 5) is 4.36. The molecule has 0 saturated heterocycles. The van der Waals surface area contributed by atoms with E-state index in [1.165, 1.54) is 6.20 Å². The molecular formula is C19H28ClN3O3S. The molecule has 0 amide bonds. The quantitative estimate of drug-likeness (QED) is 0.579. The molecule has 2 rings (SSSR count). The average molecular weight is 414 g/mol. The third-order valence-corrected chi connectivity index (χ3v) is 5.20. The number of nitrogens with zero attached hydrogens (tertiary/aromatic N) is 1. The SMILES string of the molecule is CCCNCCOc1ccc(NS(=O)(=O)c2ccc(C(C)C)cc2)cn1.Cl. The molecule has 0 unspecified atom stereocenters. The van der Waals surface area contributed by atoms with Gasteiger partial charge in [-0.15, -0.1) is 12.4 Å². The lowest BCUT2D eigenvalue weighted by molar-refractivity contribution is 0.303. The second-order valence-electron chi connectivity index (χ2n) is 6.31. The van der Waals surface area contributed by atoms with Crippen molar-refractivity contribution in [1.82, 2.24) is 10.3 Å². The second kappa shape index (κ2) is 11.1. The molecule has 0 spiro atoms. The predicted molar refractivity (Wildman–Crippen MR) is 111 cm³/mol. The van der Waals surface area contributed by atoms with E-state index in [1.807, 2.05) is 12.1 Å². The number of hydrogen-bond acceptors (Lipinski definition) is 5. The van der Waals surface area contributed by atoms with Crippen LogP contribution in [0.2, 0.25) is 0 Å². The molecule has 0 aliphatic rings. The van der Waals surface area contributed by atoms with Crippen molar-refractivity contribution >= 4 is 28.1 Å². The Morgan fingerprint density at radius 1 is 1.07 bits per heavy atom. The molecule has 2 aromatic rings. The van der Waals surface area contributed by atoms with Gasteiger partial charge in [0.15, 0.2) is 0 Å². The molecule has 0 atom stereocenters. The van der Waals surface area contributed by atoms with E-state index < -0.39 is 10.0 Å². The molecule has 0 saturated carbocycles. The summed E-state index contributed by atoms with van der Waals surface area (Å²) in [5.74, 6) is 0.821. The first-order valence-electron chi connectivity index (χ1n) is 8.84. The van der Waals surface area contributed by atoms with Gasteiger partial charge in [-0.25, -0.2) is 13.4 Å². The molecular weight excluding hydrogens is 386 g/mol. The minimum atomic E-state index is -3.64. The zero-order valence-corrected chi connectivity index (χ0v) is 17.6. The molecule has 1 heterocycles. The first-order chi connectivity index (χ1) is 12.4. The monoisotopic (exact) mass is 413 g/mol. The van der Waals surface area contributed by atoms with Crippen LogP contribution >= 0.6 is 12.4 Å². The Kier molecular flexibility index (Phi) is 9.55.